The molecular weight excluding hydrogens is 226 g/mol. The molecule has 4 nitrogen and oxygen atoms in total. The van der Waals surface area contributed by atoms with E-state index in [4.69, 9.17) is 17.3 Å². The number of rotatable bonds is 5. The first kappa shape index (κ1) is 13.1. The molecule has 0 saturated heterocycles. The van der Waals surface area contributed by atoms with E-state index in [0.29, 0.717) is 36.0 Å². The zero-order valence-corrected chi connectivity index (χ0v) is 10.4. The van der Waals surface area contributed by atoms with Crippen molar-refractivity contribution in [2.75, 3.05) is 17.6 Å². The number of hydrogen-bond donors (Lipinski definition) is 3. The predicted octanol–water partition coefficient (Wildman–Crippen LogP) is 2.28. The topological polar surface area (TPSA) is 71.2 Å². The van der Waals surface area contributed by atoms with Gasteiger partial charge in [-0.2, -0.15) is 0 Å². The minimum absolute atomic E-state index is 0.346. The summed E-state index contributed by atoms with van der Waals surface area (Å²) in [4.78, 5) is 4.07. The fourth-order valence-electron chi connectivity index (χ4n) is 1.36. The van der Waals surface area contributed by atoms with E-state index >= 15 is 0 Å². The Morgan fingerprint density at radius 2 is 2.06 bits per heavy atom. The van der Waals surface area contributed by atoms with Crippen LogP contribution in [0.15, 0.2) is 12.1 Å². The summed E-state index contributed by atoms with van der Waals surface area (Å²) in [5, 5.41) is 13.5. The van der Waals surface area contributed by atoms with Crippen molar-refractivity contribution >= 4 is 23.1 Å². The van der Waals surface area contributed by atoms with Crippen molar-refractivity contribution in [2.24, 2.45) is 0 Å². The molecular formula is C11H18ClN3O. The highest BCUT2D eigenvalue weighted by atomic mass is 35.5. The first-order chi connectivity index (χ1) is 7.49. The highest BCUT2D eigenvalue weighted by molar-refractivity contribution is 6.29. The van der Waals surface area contributed by atoms with Crippen molar-refractivity contribution < 1.29 is 5.11 Å². The number of pyridine rings is 1. The summed E-state index contributed by atoms with van der Waals surface area (Å²) < 4.78 is 0. The van der Waals surface area contributed by atoms with Crippen LogP contribution in [0.1, 0.15) is 26.7 Å². The third-order valence-corrected chi connectivity index (χ3v) is 2.92. The van der Waals surface area contributed by atoms with E-state index in [1.807, 2.05) is 13.8 Å². The molecule has 0 amide bonds. The molecule has 1 rings (SSSR count). The number of nitrogens with one attached hydrogen (secondary N) is 1. The lowest BCUT2D eigenvalue weighted by Gasteiger charge is -2.25. The van der Waals surface area contributed by atoms with Crippen LogP contribution in [0.5, 0.6) is 0 Å². The maximum Gasteiger partial charge on any atom is 0.133 e. The molecule has 0 radical (unpaired) electrons. The smallest absolute Gasteiger partial charge is 0.133 e. The lowest BCUT2D eigenvalue weighted by atomic mass is 9.98. The molecule has 1 aromatic rings. The van der Waals surface area contributed by atoms with Gasteiger partial charge in [-0.3, -0.25) is 0 Å². The van der Waals surface area contributed by atoms with Crippen LogP contribution in [0.2, 0.25) is 5.15 Å². The van der Waals surface area contributed by atoms with Crippen molar-refractivity contribution in [1.29, 1.82) is 0 Å². The number of aliphatic hydroxyl groups is 1. The Bertz CT molecular complexity index is 333. The van der Waals surface area contributed by atoms with Gasteiger partial charge in [0.2, 0.25) is 0 Å². The number of halogens is 1. The van der Waals surface area contributed by atoms with Crippen LogP contribution in [0.4, 0.5) is 11.5 Å². The van der Waals surface area contributed by atoms with Crippen molar-refractivity contribution in [3.05, 3.63) is 17.3 Å². The minimum atomic E-state index is -0.710. The van der Waals surface area contributed by atoms with Gasteiger partial charge in [-0.15, -0.1) is 0 Å². The summed E-state index contributed by atoms with van der Waals surface area (Å²) in [5.41, 5.74) is 5.48. The van der Waals surface area contributed by atoms with Gasteiger partial charge < -0.3 is 16.2 Å². The molecule has 0 bridgehead atoms. The summed E-state index contributed by atoms with van der Waals surface area (Å²) in [7, 11) is 0. The Morgan fingerprint density at radius 3 is 2.56 bits per heavy atom. The summed E-state index contributed by atoms with van der Waals surface area (Å²) in [6.07, 6.45) is 1.37. The number of aromatic nitrogens is 1. The number of nitrogen functional groups attached to an aromatic ring is 1. The van der Waals surface area contributed by atoms with Gasteiger partial charge in [-0.25, -0.2) is 4.98 Å². The highest BCUT2D eigenvalue weighted by Crippen LogP contribution is 2.19. The van der Waals surface area contributed by atoms with Crippen LogP contribution in [0.25, 0.3) is 0 Å². The van der Waals surface area contributed by atoms with E-state index in [0.717, 1.165) is 0 Å². The summed E-state index contributed by atoms with van der Waals surface area (Å²) in [5.74, 6) is 0.588. The number of nitrogens with zero attached hydrogens (tertiary/aromatic N) is 1. The van der Waals surface area contributed by atoms with Gasteiger partial charge in [-0.1, -0.05) is 25.4 Å². The predicted molar refractivity (Wildman–Crippen MR) is 67.7 cm³/mol. The molecule has 1 aromatic heterocycles. The summed E-state index contributed by atoms with van der Waals surface area (Å²) in [6.45, 7) is 4.34. The minimum Gasteiger partial charge on any atom is -0.399 e. The second kappa shape index (κ2) is 5.37. The maximum absolute atomic E-state index is 10.1. The van der Waals surface area contributed by atoms with Crippen molar-refractivity contribution in [1.82, 2.24) is 4.98 Å². The molecule has 4 N–H and O–H groups in total. The van der Waals surface area contributed by atoms with Gasteiger partial charge in [-0.05, 0) is 18.9 Å². The third kappa shape index (κ3) is 3.54. The maximum atomic E-state index is 10.1. The molecule has 0 aliphatic rings. The summed E-state index contributed by atoms with van der Waals surface area (Å²) >= 11 is 5.77. The third-order valence-electron chi connectivity index (χ3n) is 2.73. The van der Waals surface area contributed by atoms with Crippen LogP contribution in [-0.4, -0.2) is 22.2 Å². The normalized spacial score (nSPS) is 11.5. The van der Waals surface area contributed by atoms with E-state index < -0.39 is 5.60 Å². The van der Waals surface area contributed by atoms with Crippen LogP contribution >= 0.6 is 11.6 Å². The van der Waals surface area contributed by atoms with E-state index in [-0.39, 0.29) is 0 Å². The molecule has 5 heteroatoms. The molecule has 0 aromatic carbocycles. The SMILES string of the molecule is CCC(O)(CC)CNc1cc(N)cc(Cl)n1. The molecule has 0 aliphatic heterocycles. The quantitative estimate of drug-likeness (QED) is 0.694. The monoisotopic (exact) mass is 243 g/mol. The van der Waals surface area contributed by atoms with E-state index in [2.05, 4.69) is 10.3 Å². The van der Waals surface area contributed by atoms with Crippen LogP contribution < -0.4 is 11.1 Å². The molecule has 1 heterocycles. The van der Waals surface area contributed by atoms with Crippen LogP contribution in [0.3, 0.4) is 0 Å². The van der Waals surface area contributed by atoms with E-state index in [9.17, 15) is 5.11 Å². The van der Waals surface area contributed by atoms with Crippen molar-refractivity contribution in [2.45, 2.75) is 32.3 Å². The molecule has 16 heavy (non-hydrogen) atoms. The lowest BCUT2D eigenvalue weighted by molar-refractivity contribution is 0.0456. The molecule has 0 saturated carbocycles. The van der Waals surface area contributed by atoms with E-state index in [1.165, 1.54) is 0 Å². The van der Waals surface area contributed by atoms with Crippen molar-refractivity contribution in [3.63, 3.8) is 0 Å². The van der Waals surface area contributed by atoms with Gasteiger partial charge in [0.1, 0.15) is 11.0 Å². The average molecular weight is 244 g/mol. The summed E-state index contributed by atoms with van der Waals surface area (Å²) in [6, 6.07) is 3.27. The first-order valence-corrected chi connectivity index (χ1v) is 5.76. The molecule has 90 valence electrons. The van der Waals surface area contributed by atoms with Gasteiger partial charge in [0.05, 0.1) is 5.60 Å². The Labute approximate surface area is 101 Å². The zero-order chi connectivity index (χ0) is 12.2. The van der Waals surface area contributed by atoms with Gasteiger partial charge >= 0.3 is 0 Å². The average Bonchev–Trinajstić information content (AvgIpc) is 2.25. The standard InChI is InChI=1S/C11H18ClN3O/c1-3-11(16,4-2)7-14-10-6-8(13)5-9(12)15-10/h5-6,16H,3-4,7H2,1-2H3,(H3,13,14,15). The van der Waals surface area contributed by atoms with Gasteiger partial charge in [0, 0.05) is 18.3 Å². The molecule has 0 fully saturated rings. The second-order valence-electron chi connectivity index (χ2n) is 3.89. The lowest BCUT2D eigenvalue weighted by Crippen LogP contribution is -2.35. The fourth-order valence-corrected chi connectivity index (χ4v) is 1.58. The molecule has 0 atom stereocenters. The number of anilines is 2. The van der Waals surface area contributed by atoms with Gasteiger partial charge in [0.15, 0.2) is 0 Å². The zero-order valence-electron chi connectivity index (χ0n) is 9.63. The first-order valence-electron chi connectivity index (χ1n) is 5.38. The van der Waals surface area contributed by atoms with Crippen LogP contribution in [0, 0.1) is 0 Å². The van der Waals surface area contributed by atoms with Crippen molar-refractivity contribution in [3.8, 4) is 0 Å². The Hall–Kier alpha value is -1.00. The van der Waals surface area contributed by atoms with E-state index in [1.54, 1.807) is 12.1 Å². The molecule has 0 unspecified atom stereocenters. The van der Waals surface area contributed by atoms with Crippen LogP contribution in [-0.2, 0) is 0 Å². The fraction of sp³-hybridized carbons (Fsp3) is 0.545. The Kier molecular flexibility index (Phi) is 4.38. The highest BCUT2D eigenvalue weighted by Gasteiger charge is 2.21. The number of nitrogens with two attached hydrogens (primary N) is 1. The number of hydrogen-bond acceptors (Lipinski definition) is 4. The Balaban J connectivity index is 2.67. The molecule has 0 spiro atoms. The second-order valence-corrected chi connectivity index (χ2v) is 4.28. The Morgan fingerprint density at radius 1 is 1.44 bits per heavy atom. The van der Waals surface area contributed by atoms with Gasteiger partial charge in [0.25, 0.3) is 0 Å². The molecule has 0 aliphatic carbocycles. The largest absolute Gasteiger partial charge is 0.399 e.